The summed E-state index contributed by atoms with van der Waals surface area (Å²) in [5, 5.41) is 4.84. The Morgan fingerprint density at radius 2 is 1.95 bits per heavy atom. The van der Waals surface area contributed by atoms with Gasteiger partial charge in [0.15, 0.2) is 0 Å². The number of hydrogen-bond acceptors (Lipinski definition) is 2. The molecule has 1 unspecified atom stereocenters. The van der Waals surface area contributed by atoms with E-state index in [2.05, 4.69) is 5.32 Å². The maximum Gasteiger partial charge on any atom is 0.252 e. The molecule has 3 nitrogen and oxygen atoms in total. The van der Waals surface area contributed by atoms with Crippen molar-refractivity contribution >= 4 is 33.9 Å². The van der Waals surface area contributed by atoms with E-state index < -0.39 is 0 Å². The molecule has 0 saturated carbocycles. The number of nitrogens with one attached hydrogen (secondary N) is 1. The first-order valence-corrected chi connectivity index (χ1v) is 6.62. The average molecular weight is 272 g/mol. The molecule has 3 N–H and O–H groups in total. The number of amides is 1. The van der Waals surface area contributed by atoms with Gasteiger partial charge in [0.1, 0.15) is 0 Å². The fourth-order valence-electron chi connectivity index (χ4n) is 2.03. The maximum absolute atomic E-state index is 12.3. The van der Waals surface area contributed by atoms with E-state index in [-0.39, 0.29) is 11.9 Å². The Balaban J connectivity index is 2.34. The Labute approximate surface area is 117 Å². The molecule has 2 rings (SSSR count). The van der Waals surface area contributed by atoms with E-state index in [1.165, 1.54) is 0 Å². The molecular formula is C15H16N2OS. The van der Waals surface area contributed by atoms with Gasteiger partial charge in [0.25, 0.3) is 5.91 Å². The summed E-state index contributed by atoms with van der Waals surface area (Å²) in [5.74, 6) is -0.142. The van der Waals surface area contributed by atoms with Gasteiger partial charge in [-0.05, 0) is 23.3 Å². The zero-order valence-corrected chi connectivity index (χ0v) is 11.5. The quantitative estimate of drug-likeness (QED) is 0.841. The van der Waals surface area contributed by atoms with Crippen LogP contribution in [0.4, 0.5) is 0 Å². The third-order valence-corrected chi connectivity index (χ3v) is 3.38. The second kappa shape index (κ2) is 5.80. The van der Waals surface area contributed by atoms with Crippen LogP contribution >= 0.6 is 12.2 Å². The molecular weight excluding hydrogens is 256 g/mol. The van der Waals surface area contributed by atoms with Gasteiger partial charge in [-0.1, -0.05) is 55.5 Å². The van der Waals surface area contributed by atoms with Crippen LogP contribution in [-0.2, 0) is 0 Å². The van der Waals surface area contributed by atoms with Crippen molar-refractivity contribution in [1.82, 2.24) is 5.32 Å². The van der Waals surface area contributed by atoms with Crippen LogP contribution in [0.15, 0.2) is 42.5 Å². The summed E-state index contributed by atoms with van der Waals surface area (Å²) in [7, 11) is 0. The van der Waals surface area contributed by atoms with Crippen LogP contribution in [0.5, 0.6) is 0 Å². The summed E-state index contributed by atoms with van der Waals surface area (Å²) < 4.78 is 0. The summed E-state index contributed by atoms with van der Waals surface area (Å²) in [6.07, 6.45) is 0.686. The van der Waals surface area contributed by atoms with Crippen LogP contribution in [-0.4, -0.2) is 16.9 Å². The molecule has 19 heavy (non-hydrogen) atoms. The highest BCUT2D eigenvalue weighted by Crippen LogP contribution is 2.18. The molecule has 0 fully saturated rings. The summed E-state index contributed by atoms with van der Waals surface area (Å²) >= 11 is 4.94. The lowest BCUT2D eigenvalue weighted by molar-refractivity contribution is 0.0948. The topological polar surface area (TPSA) is 55.1 Å². The molecule has 98 valence electrons. The van der Waals surface area contributed by atoms with E-state index >= 15 is 0 Å². The summed E-state index contributed by atoms with van der Waals surface area (Å²) in [6.45, 7) is 1.94. The van der Waals surface area contributed by atoms with Crippen LogP contribution in [0.3, 0.4) is 0 Å². The van der Waals surface area contributed by atoms with Crippen molar-refractivity contribution in [2.24, 2.45) is 5.73 Å². The predicted octanol–water partition coefficient (Wildman–Crippen LogP) is 2.63. The van der Waals surface area contributed by atoms with Gasteiger partial charge >= 0.3 is 0 Å². The monoisotopic (exact) mass is 272 g/mol. The zero-order valence-electron chi connectivity index (χ0n) is 10.7. The summed E-state index contributed by atoms with van der Waals surface area (Å²) in [5.41, 5.74) is 6.25. The van der Waals surface area contributed by atoms with Crippen LogP contribution in [0.2, 0.25) is 0 Å². The highest BCUT2D eigenvalue weighted by Gasteiger charge is 2.15. The van der Waals surface area contributed by atoms with Crippen molar-refractivity contribution in [2.45, 2.75) is 19.4 Å². The summed E-state index contributed by atoms with van der Waals surface area (Å²) in [6, 6.07) is 13.2. The van der Waals surface area contributed by atoms with Crippen molar-refractivity contribution in [1.29, 1.82) is 0 Å². The SMILES string of the molecule is CCC(NC(=O)c1cccc2ccccc12)C(N)=S. The number of nitrogens with two attached hydrogens (primary N) is 1. The van der Waals surface area contributed by atoms with Crippen molar-refractivity contribution in [3.63, 3.8) is 0 Å². The largest absolute Gasteiger partial charge is 0.392 e. The van der Waals surface area contributed by atoms with Gasteiger partial charge < -0.3 is 11.1 Å². The highest BCUT2D eigenvalue weighted by molar-refractivity contribution is 7.80. The van der Waals surface area contributed by atoms with Gasteiger partial charge in [-0.3, -0.25) is 4.79 Å². The Kier molecular flexibility index (Phi) is 4.12. The Hall–Kier alpha value is -1.94. The van der Waals surface area contributed by atoms with Crippen molar-refractivity contribution in [3.8, 4) is 0 Å². The molecule has 0 saturated heterocycles. The second-order valence-corrected chi connectivity index (χ2v) is 4.83. The van der Waals surface area contributed by atoms with Gasteiger partial charge in [-0.25, -0.2) is 0 Å². The van der Waals surface area contributed by atoms with Crippen molar-refractivity contribution in [3.05, 3.63) is 48.0 Å². The molecule has 1 atom stereocenters. The molecule has 0 aliphatic heterocycles. The number of hydrogen-bond donors (Lipinski definition) is 2. The van der Waals surface area contributed by atoms with Crippen LogP contribution in [0.25, 0.3) is 10.8 Å². The smallest absolute Gasteiger partial charge is 0.252 e. The van der Waals surface area contributed by atoms with E-state index in [4.69, 9.17) is 18.0 Å². The van der Waals surface area contributed by atoms with Gasteiger partial charge in [0, 0.05) is 5.56 Å². The average Bonchev–Trinajstić information content (AvgIpc) is 2.43. The lowest BCUT2D eigenvalue weighted by Crippen LogP contribution is -2.43. The number of benzene rings is 2. The lowest BCUT2D eigenvalue weighted by Gasteiger charge is -2.16. The normalized spacial score (nSPS) is 12.1. The first-order valence-electron chi connectivity index (χ1n) is 6.21. The van der Waals surface area contributed by atoms with Crippen LogP contribution in [0, 0.1) is 0 Å². The number of carbonyl (C=O) groups is 1. The molecule has 0 aromatic heterocycles. The molecule has 0 bridgehead atoms. The molecule has 2 aromatic carbocycles. The standard InChI is InChI=1S/C15H16N2OS/c1-2-13(14(16)19)17-15(18)12-9-5-7-10-6-3-4-8-11(10)12/h3-9,13H,2H2,1H3,(H2,16,19)(H,17,18). The van der Waals surface area contributed by atoms with Gasteiger partial charge in [0.2, 0.25) is 0 Å². The molecule has 0 heterocycles. The minimum Gasteiger partial charge on any atom is -0.392 e. The predicted molar refractivity (Wildman–Crippen MR) is 82.3 cm³/mol. The third kappa shape index (κ3) is 2.90. The van der Waals surface area contributed by atoms with Crippen LogP contribution in [0.1, 0.15) is 23.7 Å². The van der Waals surface area contributed by atoms with Gasteiger partial charge in [0.05, 0.1) is 11.0 Å². The lowest BCUT2D eigenvalue weighted by atomic mass is 10.0. The van der Waals surface area contributed by atoms with E-state index in [9.17, 15) is 4.79 Å². The first kappa shape index (κ1) is 13.5. The van der Waals surface area contributed by atoms with E-state index in [1.807, 2.05) is 49.4 Å². The molecule has 0 radical (unpaired) electrons. The Morgan fingerprint density at radius 1 is 1.26 bits per heavy atom. The summed E-state index contributed by atoms with van der Waals surface area (Å²) in [4.78, 5) is 12.6. The fourth-order valence-corrected chi connectivity index (χ4v) is 2.26. The van der Waals surface area contributed by atoms with E-state index in [1.54, 1.807) is 0 Å². The zero-order chi connectivity index (χ0) is 13.8. The Bertz CT molecular complexity index is 619. The number of rotatable bonds is 4. The molecule has 0 aliphatic carbocycles. The van der Waals surface area contributed by atoms with Crippen LogP contribution < -0.4 is 11.1 Å². The van der Waals surface area contributed by atoms with Crippen molar-refractivity contribution in [2.75, 3.05) is 0 Å². The number of thiocarbonyl (C=S) groups is 1. The number of carbonyl (C=O) groups excluding carboxylic acids is 1. The fraction of sp³-hybridized carbons (Fsp3) is 0.200. The minimum absolute atomic E-state index is 0.142. The molecule has 2 aromatic rings. The van der Waals surface area contributed by atoms with Crippen molar-refractivity contribution < 1.29 is 4.79 Å². The van der Waals surface area contributed by atoms with E-state index in [0.717, 1.165) is 10.8 Å². The molecule has 0 aliphatic rings. The highest BCUT2D eigenvalue weighted by atomic mass is 32.1. The Morgan fingerprint density at radius 3 is 2.63 bits per heavy atom. The molecule has 1 amide bonds. The maximum atomic E-state index is 12.3. The molecule has 4 heteroatoms. The minimum atomic E-state index is -0.263. The van der Waals surface area contributed by atoms with Gasteiger partial charge in [-0.2, -0.15) is 0 Å². The first-order chi connectivity index (χ1) is 9.13. The number of fused-ring (bicyclic) bond motifs is 1. The second-order valence-electron chi connectivity index (χ2n) is 4.36. The molecule has 0 spiro atoms. The third-order valence-electron chi connectivity index (χ3n) is 3.09. The van der Waals surface area contributed by atoms with Gasteiger partial charge in [-0.15, -0.1) is 0 Å². The van der Waals surface area contributed by atoms with E-state index in [0.29, 0.717) is 17.0 Å².